The third-order valence-electron chi connectivity index (χ3n) is 5.00. The monoisotopic (exact) mass is 426 g/mol. The number of hydrogen-bond donors (Lipinski definition) is 2. The number of benzene rings is 1. The molecule has 158 valence electrons. The van der Waals surface area contributed by atoms with Crippen molar-refractivity contribution in [2.45, 2.75) is 39.7 Å². The van der Waals surface area contributed by atoms with Gasteiger partial charge in [-0.05, 0) is 30.0 Å². The normalized spacial score (nSPS) is 10.9. The fourth-order valence-electron chi connectivity index (χ4n) is 3.40. The van der Waals surface area contributed by atoms with E-state index in [-0.39, 0.29) is 24.0 Å². The number of aromatic amines is 1. The fraction of sp³-hybridized carbons (Fsp3) is 0.318. The molecule has 3 N–H and O–H groups in total. The number of amides is 1. The van der Waals surface area contributed by atoms with Crippen molar-refractivity contribution in [3.05, 3.63) is 78.1 Å². The van der Waals surface area contributed by atoms with E-state index in [1.54, 1.807) is 0 Å². The molecule has 1 amide bonds. The number of H-pyrrole nitrogens is 1. The Morgan fingerprint density at radius 2 is 1.90 bits per heavy atom. The van der Waals surface area contributed by atoms with E-state index in [2.05, 4.69) is 18.8 Å². The van der Waals surface area contributed by atoms with Gasteiger partial charge in [0.05, 0.1) is 11.4 Å². The average molecular weight is 427 g/mol. The Hall–Kier alpha value is -3.13. The van der Waals surface area contributed by atoms with Crippen LogP contribution in [0.25, 0.3) is 0 Å². The SMILES string of the molecule is CCCc1sc(C(=O)N(C)c2c(N)n(Cc3ccccc3)c(=O)[nH]c2=O)cc1CC. The highest BCUT2D eigenvalue weighted by Crippen LogP contribution is 2.27. The van der Waals surface area contributed by atoms with Crippen molar-refractivity contribution in [2.75, 3.05) is 17.7 Å². The number of nitrogens with zero attached hydrogens (tertiary/aromatic N) is 2. The number of anilines is 2. The predicted octanol–water partition coefficient (Wildman–Crippen LogP) is 3.02. The van der Waals surface area contributed by atoms with Gasteiger partial charge >= 0.3 is 5.69 Å². The summed E-state index contributed by atoms with van der Waals surface area (Å²) in [5.41, 5.74) is 6.89. The minimum atomic E-state index is -0.682. The van der Waals surface area contributed by atoms with E-state index in [0.717, 1.165) is 30.4 Å². The van der Waals surface area contributed by atoms with Gasteiger partial charge in [0.15, 0.2) is 5.69 Å². The number of nitrogens with one attached hydrogen (secondary N) is 1. The van der Waals surface area contributed by atoms with Crippen LogP contribution in [-0.4, -0.2) is 22.5 Å². The number of nitrogen functional groups attached to an aromatic ring is 1. The minimum absolute atomic E-state index is 0.0287. The van der Waals surface area contributed by atoms with Gasteiger partial charge in [0.25, 0.3) is 11.5 Å². The molecule has 30 heavy (non-hydrogen) atoms. The summed E-state index contributed by atoms with van der Waals surface area (Å²) in [5, 5.41) is 0. The molecule has 7 nitrogen and oxygen atoms in total. The van der Waals surface area contributed by atoms with Gasteiger partial charge in [0.1, 0.15) is 5.82 Å². The van der Waals surface area contributed by atoms with Crippen LogP contribution >= 0.6 is 11.3 Å². The number of aryl methyl sites for hydroxylation is 2. The Bertz CT molecular complexity index is 1160. The van der Waals surface area contributed by atoms with Crippen molar-refractivity contribution in [1.29, 1.82) is 0 Å². The topological polar surface area (TPSA) is 101 Å². The number of carbonyl (C=O) groups excluding carboxylic acids is 1. The Balaban J connectivity index is 2.00. The van der Waals surface area contributed by atoms with Crippen molar-refractivity contribution in [3.63, 3.8) is 0 Å². The zero-order valence-corrected chi connectivity index (χ0v) is 18.2. The molecule has 0 fully saturated rings. The summed E-state index contributed by atoms with van der Waals surface area (Å²) < 4.78 is 1.27. The van der Waals surface area contributed by atoms with Crippen molar-refractivity contribution < 1.29 is 4.79 Å². The molecule has 0 bridgehead atoms. The van der Waals surface area contributed by atoms with Gasteiger partial charge in [0.2, 0.25) is 0 Å². The molecule has 0 atom stereocenters. The van der Waals surface area contributed by atoms with Crippen LogP contribution in [0, 0.1) is 0 Å². The highest BCUT2D eigenvalue weighted by atomic mass is 32.1. The predicted molar refractivity (Wildman–Crippen MR) is 122 cm³/mol. The van der Waals surface area contributed by atoms with Crippen LogP contribution in [0.1, 0.15) is 45.9 Å². The molecular weight excluding hydrogens is 400 g/mol. The van der Waals surface area contributed by atoms with Gasteiger partial charge < -0.3 is 10.6 Å². The van der Waals surface area contributed by atoms with Crippen molar-refractivity contribution in [2.24, 2.45) is 0 Å². The number of aromatic nitrogens is 2. The largest absolute Gasteiger partial charge is 0.383 e. The lowest BCUT2D eigenvalue weighted by Gasteiger charge is -2.20. The van der Waals surface area contributed by atoms with Crippen molar-refractivity contribution in [3.8, 4) is 0 Å². The maximum Gasteiger partial charge on any atom is 0.330 e. The van der Waals surface area contributed by atoms with Crippen molar-refractivity contribution >= 4 is 28.7 Å². The molecule has 8 heteroatoms. The fourth-order valence-corrected chi connectivity index (χ4v) is 4.73. The molecule has 0 radical (unpaired) electrons. The molecule has 0 unspecified atom stereocenters. The van der Waals surface area contributed by atoms with Gasteiger partial charge in [-0.15, -0.1) is 11.3 Å². The Morgan fingerprint density at radius 3 is 2.53 bits per heavy atom. The second-order valence-corrected chi connectivity index (χ2v) is 8.23. The number of carbonyl (C=O) groups is 1. The summed E-state index contributed by atoms with van der Waals surface area (Å²) in [6.45, 7) is 4.35. The van der Waals surface area contributed by atoms with E-state index in [9.17, 15) is 14.4 Å². The Kier molecular flexibility index (Phi) is 6.56. The first-order valence-corrected chi connectivity index (χ1v) is 10.7. The van der Waals surface area contributed by atoms with E-state index in [0.29, 0.717) is 4.88 Å². The van der Waals surface area contributed by atoms with E-state index in [4.69, 9.17) is 5.73 Å². The van der Waals surface area contributed by atoms with Crippen LogP contribution in [0.15, 0.2) is 46.0 Å². The number of hydrogen-bond acceptors (Lipinski definition) is 5. The minimum Gasteiger partial charge on any atom is -0.383 e. The molecule has 3 aromatic rings. The molecule has 0 aliphatic carbocycles. The van der Waals surface area contributed by atoms with Crippen LogP contribution in [0.5, 0.6) is 0 Å². The summed E-state index contributed by atoms with van der Waals surface area (Å²) in [6, 6.07) is 11.2. The van der Waals surface area contributed by atoms with Crippen molar-refractivity contribution in [1.82, 2.24) is 9.55 Å². The molecule has 0 aliphatic rings. The van der Waals surface area contributed by atoms with Crippen LogP contribution in [0.2, 0.25) is 0 Å². The van der Waals surface area contributed by atoms with Crippen LogP contribution in [0.4, 0.5) is 11.5 Å². The summed E-state index contributed by atoms with van der Waals surface area (Å²) in [4.78, 5) is 43.3. The van der Waals surface area contributed by atoms with Gasteiger partial charge in [-0.1, -0.05) is 50.6 Å². The first kappa shape index (κ1) is 21.6. The van der Waals surface area contributed by atoms with Crippen LogP contribution in [0.3, 0.4) is 0 Å². The lowest BCUT2D eigenvalue weighted by molar-refractivity contribution is 0.0996. The molecule has 2 heterocycles. The number of thiophene rings is 1. The lowest BCUT2D eigenvalue weighted by atomic mass is 10.1. The standard InChI is InChI=1S/C22H26N4O3S/c1-4-9-16-15(5-2)12-17(30-16)21(28)25(3)18-19(23)26(22(29)24-20(18)27)13-14-10-7-6-8-11-14/h6-8,10-12H,4-5,9,13,23H2,1-3H3,(H,24,27,29). The molecule has 1 aromatic carbocycles. The molecule has 0 spiro atoms. The summed E-state index contributed by atoms with van der Waals surface area (Å²) in [5.74, 6) is -0.358. The molecular formula is C22H26N4O3S. The average Bonchev–Trinajstić information content (AvgIpc) is 3.14. The zero-order valence-electron chi connectivity index (χ0n) is 17.4. The van der Waals surface area contributed by atoms with E-state index in [1.807, 2.05) is 36.4 Å². The lowest BCUT2D eigenvalue weighted by Crippen LogP contribution is -2.39. The van der Waals surface area contributed by atoms with Gasteiger partial charge in [-0.25, -0.2) is 4.79 Å². The molecule has 2 aromatic heterocycles. The van der Waals surface area contributed by atoms with Gasteiger partial charge in [-0.2, -0.15) is 0 Å². The third-order valence-corrected chi connectivity index (χ3v) is 6.23. The molecule has 0 saturated carbocycles. The molecule has 3 rings (SSSR count). The zero-order chi connectivity index (χ0) is 21.8. The Labute approximate surface area is 178 Å². The second kappa shape index (κ2) is 9.13. The number of nitrogens with two attached hydrogens (primary N) is 1. The summed E-state index contributed by atoms with van der Waals surface area (Å²) in [7, 11) is 1.51. The first-order valence-electron chi connectivity index (χ1n) is 9.93. The third kappa shape index (κ3) is 4.23. The second-order valence-electron chi connectivity index (χ2n) is 7.09. The highest BCUT2D eigenvalue weighted by molar-refractivity contribution is 7.14. The van der Waals surface area contributed by atoms with E-state index >= 15 is 0 Å². The summed E-state index contributed by atoms with van der Waals surface area (Å²) in [6.07, 6.45) is 2.75. The van der Waals surface area contributed by atoms with E-state index in [1.165, 1.54) is 32.7 Å². The van der Waals surface area contributed by atoms with E-state index < -0.39 is 11.2 Å². The van der Waals surface area contributed by atoms with Gasteiger partial charge in [0, 0.05) is 11.9 Å². The maximum atomic E-state index is 13.1. The van der Waals surface area contributed by atoms with Crippen LogP contribution < -0.4 is 21.9 Å². The number of rotatable bonds is 7. The Morgan fingerprint density at radius 1 is 1.20 bits per heavy atom. The van der Waals surface area contributed by atoms with Crippen LogP contribution in [-0.2, 0) is 19.4 Å². The highest BCUT2D eigenvalue weighted by Gasteiger charge is 2.24. The first-order chi connectivity index (χ1) is 14.4. The molecule has 0 aliphatic heterocycles. The smallest absolute Gasteiger partial charge is 0.330 e. The van der Waals surface area contributed by atoms with Gasteiger partial charge in [-0.3, -0.25) is 19.1 Å². The maximum absolute atomic E-state index is 13.1. The quantitative estimate of drug-likeness (QED) is 0.606. The summed E-state index contributed by atoms with van der Waals surface area (Å²) >= 11 is 1.45. The molecule has 0 saturated heterocycles.